The van der Waals surface area contributed by atoms with Gasteiger partial charge >= 0.3 is 0 Å². The Bertz CT molecular complexity index is 1020. The summed E-state index contributed by atoms with van der Waals surface area (Å²) in [6.45, 7) is 1.17. The van der Waals surface area contributed by atoms with E-state index in [0.29, 0.717) is 32.5 Å². The molecule has 2 aromatic heterocycles. The molecule has 2 amide bonds. The lowest BCUT2D eigenvalue weighted by Gasteiger charge is -2.31. The van der Waals surface area contributed by atoms with E-state index in [1.807, 2.05) is 61.8 Å². The van der Waals surface area contributed by atoms with Gasteiger partial charge in [0.25, 0.3) is 0 Å². The summed E-state index contributed by atoms with van der Waals surface area (Å²) in [4.78, 5) is 31.9. The van der Waals surface area contributed by atoms with Gasteiger partial charge in [0, 0.05) is 44.5 Å². The minimum Gasteiger partial charge on any atom is -0.350 e. The number of hydrogen-bond acceptors (Lipinski definition) is 4. The third kappa shape index (κ3) is 4.56. The molecule has 30 heavy (non-hydrogen) atoms. The lowest BCUT2D eigenvalue weighted by molar-refractivity contribution is -0.133. The van der Waals surface area contributed by atoms with Gasteiger partial charge in [-0.3, -0.25) is 19.3 Å². The van der Waals surface area contributed by atoms with Crippen molar-refractivity contribution in [3.05, 3.63) is 83.4 Å². The van der Waals surface area contributed by atoms with E-state index in [2.05, 4.69) is 15.4 Å². The molecule has 3 aromatic rings. The molecule has 1 aromatic carbocycles. The second-order valence-electron chi connectivity index (χ2n) is 7.56. The first-order valence-corrected chi connectivity index (χ1v) is 10.1. The molecule has 0 radical (unpaired) electrons. The summed E-state index contributed by atoms with van der Waals surface area (Å²) in [7, 11) is 1.84. The number of nitrogens with zero attached hydrogens (tertiary/aromatic N) is 4. The van der Waals surface area contributed by atoms with Gasteiger partial charge in [-0.1, -0.05) is 36.4 Å². The summed E-state index contributed by atoms with van der Waals surface area (Å²) in [6.07, 6.45) is 4.70. The third-order valence-corrected chi connectivity index (χ3v) is 5.34. The Morgan fingerprint density at radius 2 is 1.93 bits per heavy atom. The fraction of sp³-hybridized carbons (Fsp3) is 0.304. The van der Waals surface area contributed by atoms with Crippen molar-refractivity contribution in [1.29, 1.82) is 0 Å². The number of fused-ring (bicyclic) bond motifs is 1. The Morgan fingerprint density at radius 3 is 2.70 bits per heavy atom. The summed E-state index contributed by atoms with van der Waals surface area (Å²) in [5.41, 5.74) is 3.60. The van der Waals surface area contributed by atoms with Crippen molar-refractivity contribution >= 4 is 11.8 Å². The van der Waals surface area contributed by atoms with Crippen LogP contribution in [-0.4, -0.2) is 38.0 Å². The van der Waals surface area contributed by atoms with Gasteiger partial charge in [0.15, 0.2) is 0 Å². The maximum Gasteiger partial charge on any atom is 0.231 e. The standard InChI is InChI=1S/C23H25N5O2/c1-27-14-18-15-28(21(29)11-10-17-7-3-2-4-8-17)16-20(22(18)26-27)23(30)25-13-19-9-5-6-12-24-19/h2-9,12,14,20H,10-11,13,15-16H2,1H3,(H,25,30)/t20-/m0/s1. The summed E-state index contributed by atoms with van der Waals surface area (Å²) >= 11 is 0. The highest BCUT2D eigenvalue weighted by Crippen LogP contribution is 2.28. The van der Waals surface area contributed by atoms with E-state index in [9.17, 15) is 9.59 Å². The number of carbonyl (C=O) groups is 2. The zero-order valence-electron chi connectivity index (χ0n) is 17.0. The third-order valence-electron chi connectivity index (χ3n) is 5.34. The fourth-order valence-corrected chi connectivity index (χ4v) is 3.80. The Morgan fingerprint density at radius 1 is 1.13 bits per heavy atom. The van der Waals surface area contributed by atoms with E-state index in [-0.39, 0.29) is 11.8 Å². The molecule has 0 spiro atoms. The number of benzene rings is 1. The van der Waals surface area contributed by atoms with Gasteiger partial charge in [0.2, 0.25) is 11.8 Å². The van der Waals surface area contributed by atoms with Crippen molar-refractivity contribution < 1.29 is 9.59 Å². The highest BCUT2D eigenvalue weighted by atomic mass is 16.2. The number of pyridine rings is 1. The van der Waals surface area contributed by atoms with Crippen LogP contribution in [0.4, 0.5) is 0 Å². The Labute approximate surface area is 175 Å². The van der Waals surface area contributed by atoms with Crippen LogP contribution in [0.3, 0.4) is 0 Å². The molecule has 7 heteroatoms. The van der Waals surface area contributed by atoms with Gasteiger partial charge in [-0.15, -0.1) is 0 Å². The highest BCUT2D eigenvalue weighted by molar-refractivity contribution is 5.86. The Kier molecular flexibility index (Phi) is 5.88. The van der Waals surface area contributed by atoms with Crippen molar-refractivity contribution in [2.45, 2.75) is 31.8 Å². The molecule has 0 bridgehead atoms. The molecule has 1 aliphatic rings. The number of amides is 2. The minimum atomic E-state index is -0.487. The normalized spacial score (nSPS) is 15.5. The van der Waals surface area contributed by atoms with Crippen LogP contribution in [0.25, 0.3) is 0 Å². The van der Waals surface area contributed by atoms with E-state index in [4.69, 9.17) is 0 Å². The van der Waals surface area contributed by atoms with Crippen LogP contribution < -0.4 is 5.32 Å². The first-order chi connectivity index (χ1) is 14.6. The number of hydrogen-bond donors (Lipinski definition) is 1. The van der Waals surface area contributed by atoms with Crippen LogP contribution in [0.2, 0.25) is 0 Å². The van der Waals surface area contributed by atoms with Crippen molar-refractivity contribution in [1.82, 2.24) is 25.0 Å². The van der Waals surface area contributed by atoms with Gasteiger partial charge in [-0.2, -0.15) is 5.10 Å². The van der Waals surface area contributed by atoms with Crippen LogP contribution in [0.5, 0.6) is 0 Å². The molecular formula is C23H25N5O2. The second kappa shape index (κ2) is 8.90. The molecule has 1 N–H and O–H groups in total. The summed E-state index contributed by atoms with van der Waals surface area (Å²) in [5, 5.41) is 7.45. The monoisotopic (exact) mass is 403 g/mol. The van der Waals surface area contributed by atoms with Crippen molar-refractivity contribution in [3.63, 3.8) is 0 Å². The van der Waals surface area contributed by atoms with E-state index in [1.165, 1.54) is 0 Å². The molecule has 4 rings (SSSR count). The van der Waals surface area contributed by atoms with Gasteiger partial charge in [-0.25, -0.2) is 0 Å². The minimum absolute atomic E-state index is 0.0517. The number of nitrogens with one attached hydrogen (secondary N) is 1. The number of aromatic nitrogens is 3. The quantitative estimate of drug-likeness (QED) is 0.684. The summed E-state index contributed by atoms with van der Waals surface area (Å²) in [5.74, 6) is -0.573. The highest BCUT2D eigenvalue weighted by Gasteiger charge is 2.34. The number of rotatable bonds is 6. The Balaban J connectivity index is 1.44. The molecule has 7 nitrogen and oxygen atoms in total. The van der Waals surface area contributed by atoms with E-state index < -0.39 is 5.92 Å². The van der Waals surface area contributed by atoms with E-state index in [1.54, 1.807) is 15.8 Å². The topological polar surface area (TPSA) is 80.1 Å². The Hall–Kier alpha value is -3.48. The average molecular weight is 403 g/mol. The van der Waals surface area contributed by atoms with Crippen molar-refractivity contribution in [3.8, 4) is 0 Å². The SMILES string of the molecule is Cn1cc2c(n1)[C@@H](C(=O)NCc1ccccn1)CN(C(=O)CCc1ccccc1)C2. The first kappa shape index (κ1) is 19.8. The molecule has 0 saturated heterocycles. The largest absolute Gasteiger partial charge is 0.350 e. The summed E-state index contributed by atoms with van der Waals surface area (Å²) < 4.78 is 1.71. The molecule has 0 fully saturated rings. The van der Waals surface area contributed by atoms with Gasteiger partial charge in [0.05, 0.1) is 23.9 Å². The predicted molar refractivity (Wildman–Crippen MR) is 112 cm³/mol. The van der Waals surface area contributed by atoms with Gasteiger partial charge in [0.1, 0.15) is 0 Å². The van der Waals surface area contributed by atoms with Crippen molar-refractivity contribution in [2.75, 3.05) is 6.54 Å². The maximum absolute atomic E-state index is 13.0. The van der Waals surface area contributed by atoms with Crippen LogP contribution in [0.1, 0.15) is 34.9 Å². The van der Waals surface area contributed by atoms with Crippen LogP contribution in [0.15, 0.2) is 60.9 Å². The molecule has 1 atom stereocenters. The van der Waals surface area contributed by atoms with Crippen LogP contribution in [-0.2, 0) is 36.1 Å². The predicted octanol–water partition coefficient (Wildman–Crippen LogP) is 2.19. The maximum atomic E-state index is 13.0. The lowest BCUT2D eigenvalue weighted by Crippen LogP contribution is -2.43. The van der Waals surface area contributed by atoms with E-state index in [0.717, 1.165) is 22.5 Å². The van der Waals surface area contributed by atoms with Gasteiger partial charge in [-0.05, 0) is 24.1 Å². The first-order valence-electron chi connectivity index (χ1n) is 10.1. The average Bonchev–Trinajstić information content (AvgIpc) is 3.16. The number of carbonyl (C=O) groups excluding carboxylic acids is 2. The molecule has 3 heterocycles. The summed E-state index contributed by atoms with van der Waals surface area (Å²) in [6, 6.07) is 15.6. The molecule has 1 aliphatic heterocycles. The van der Waals surface area contributed by atoms with Crippen LogP contribution in [0, 0.1) is 0 Å². The zero-order valence-corrected chi connectivity index (χ0v) is 17.0. The zero-order chi connectivity index (χ0) is 20.9. The van der Waals surface area contributed by atoms with E-state index >= 15 is 0 Å². The van der Waals surface area contributed by atoms with Gasteiger partial charge < -0.3 is 10.2 Å². The smallest absolute Gasteiger partial charge is 0.231 e. The number of aryl methyl sites for hydroxylation is 2. The molecule has 0 aliphatic carbocycles. The molecule has 0 saturated carbocycles. The molecule has 0 unspecified atom stereocenters. The lowest BCUT2D eigenvalue weighted by atomic mass is 9.95. The fourth-order valence-electron chi connectivity index (χ4n) is 3.80. The van der Waals surface area contributed by atoms with Crippen LogP contribution >= 0.6 is 0 Å². The second-order valence-corrected chi connectivity index (χ2v) is 7.56. The molecular weight excluding hydrogens is 378 g/mol. The molecule has 154 valence electrons. The van der Waals surface area contributed by atoms with Crippen molar-refractivity contribution in [2.24, 2.45) is 7.05 Å².